The summed E-state index contributed by atoms with van der Waals surface area (Å²) in [4.78, 5) is 0. The Labute approximate surface area is 133 Å². The number of hydrogen-bond acceptors (Lipinski definition) is 0. The van der Waals surface area contributed by atoms with Crippen LogP contribution in [0.1, 0.15) is 38.5 Å². The minimum Gasteiger partial charge on any atom is -1.00 e. The van der Waals surface area contributed by atoms with Crippen LogP contribution in [0.4, 0.5) is 0 Å². The monoisotopic (exact) mass is 382 g/mol. The van der Waals surface area contributed by atoms with E-state index in [1.165, 1.54) is 99.8 Å². The van der Waals surface area contributed by atoms with Gasteiger partial charge >= 0.3 is 0 Å². The number of piperidine rings is 2. The van der Waals surface area contributed by atoms with E-state index in [0.29, 0.717) is 0 Å². The number of quaternary nitrogens is 2. The fourth-order valence-electron chi connectivity index (χ4n) is 4.33. The van der Waals surface area contributed by atoms with E-state index in [2.05, 4.69) is 0 Å². The van der Waals surface area contributed by atoms with Gasteiger partial charge < -0.3 is 42.9 Å². The molecule has 4 heteroatoms. The fourth-order valence-corrected chi connectivity index (χ4v) is 4.33. The molecule has 18 heavy (non-hydrogen) atoms. The molecule has 3 aliphatic heterocycles. The van der Waals surface area contributed by atoms with Crippen LogP contribution in [0.25, 0.3) is 0 Å². The molecule has 0 saturated carbocycles. The first-order valence-corrected chi connectivity index (χ1v) is 7.53. The highest BCUT2D eigenvalue weighted by molar-refractivity contribution is 4.62. The Balaban J connectivity index is 0.000000810. The molecule has 2 spiro atoms. The Morgan fingerprint density at radius 2 is 0.611 bits per heavy atom. The molecule has 0 aliphatic carbocycles. The van der Waals surface area contributed by atoms with E-state index in [9.17, 15) is 0 Å². The van der Waals surface area contributed by atoms with Crippen LogP contribution in [0.2, 0.25) is 0 Å². The summed E-state index contributed by atoms with van der Waals surface area (Å²) in [7, 11) is 0. The van der Waals surface area contributed by atoms with Gasteiger partial charge in [0.25, 0.3) is 0 Å². The summed E-state index contributed by atoms with van der Waals surface area (Å²) in [5, 5.41) is 0. The molecule has 0 amide bonds. The summed E-state index contributed by atoms with van der Waals surface area (Å²) in [6.07, 6.45) is 9.00. The summed E-state index contributed by atoms with van der Waals surface area (Å²) >= 11 is 0. The van der Waals surface area contributed by atoms with Crippen molar-refractivity contribution in [2.75, 3.05) is 52.4 Å². The van der Waals surface area contributed by atoms with E-state index in [0.717, 1.165) is 0 Å². The Kier molecular flexibility index (Phi) is 6.63. The van der Waals surface area contributed by atoms with Gasteiger partial charge in [-0.05, 0) is 38.5 Å². The first kappa shape index (κ1) is 16.9. The van der Waals surface area contributed by atoms with Gasteiger partial charge in [0, 0.05) is 0 Å². The van der Waals surface area contributed by atoms with Crippen molar-refractivity contribution in [3.8, 4) is 0 Å². The van der Waals surface area contributed by atoms with Crippen molar-refractivity contribution < 1.29 is 42.9 Å². The zero-order valence-corrected chi connectivity index (χ0v) is 14.7. The van der Waals surface area contributed by atoms with Gasteiger partial charge in [-0.1, -0.05) is 0 Å². The summed E-state index contributed by atoms with van der Waals surface area (Å²) in [5.74, 6) is 0. The van der Waals surface area contributed by atoms with Crippen molar-refractivity contribution in [3.63, 3.8) is 0 Å². The molecule has 0 atom stereocenters. The van der Waals surface area contributed by atoms with Crippen molar-refractivity contribution in [3.05, 3.63) is 0 Å². The predicted octanol–water partition coefficient (Wildman–Crippen LogP) is -3.99. The second-order valence-electron chi connectivity index (χ2n) is 6.59. The molecular weight excluding hydrogens is 356 g/mol. The molecule has 3 heterocycles. The fraction of sp³-hybridized carbons (Fsp3) is 1.00. The van der Waals surface area contributed by atoms with E-state index in [1.807, 2.05) is 0 Å². The molecule has 2 nitrogen and oxygen atoms in total. The molecule has 0 bridgehead atoms. The molecule has 3 fully saturated rings. The average molecular weight is 384 g/mol. The van der Waals surface area contributed by atoms with Crippen LogP contribution in [-0.2, 0) is 0 Å². The normalized spacial score (nSPS) is 29.3. The van der Waals surface area contributed by atoms with Gasteiger partial charge in [-0.3, -0.25) is 0 Å². The van der Waals surface area contributed by atoms with Crippen LogP contribution in [0.15, 0.2) is 0 Å². The smallest absolute Gasteiger partial charge is 0.129 e. The first-order valence-electron chi connectivity index (χ1n) is 7.53. The van der Waals surface area contributed by atoms with Gasteiger partial charge in [-0.2, -0.15) is 0 Å². The second kappa shape index (κ2) is 7.05. The van der Waals surface area contributed by atoms with Crippen molar-refractivity contribution in [1.29, 1.82) is 0 Å². The van der Waals surface area contributed by atoms with Gasteiger partial charge in [0.15, 0.2) is 0 Å². The average Bonchev–Trinajstić information content (AvgIpc) is 2.36. The van der Waals surface area contributed by atoms with Gasteiger partial charge in [-0.25, -0.2) is 0 Å². The Hall–Kier alpha value is 0.880. The molecule has 0 radical (unpaired) electrons. The van der Waals surface area contributed by atoms with E-state index >= 15 is 0 Å². The van der Waals surface area contributed by atoms with Crippen molar-refractivity contribution >= 4 is 0 Å². The highest BCUT2D eigenvalue weighted by atomic mass is 79.9. The lowest BCUT2D eigenvalue weighted by Gasteiger charge is -2.52. The quantitative estimate of drug-likeness (QED) is 0.374. The maximum atomic E-state index is 1.50. The molecular formula is C14H28Br2N2. The Morgan fingerprint density at radius 3 is 0.889 bits per heavy atom. The van der Waals surface area contributed by atoms with Crippen LogP contribution in [0, 0.1) is 0 Å². The summed E-state index contributed by atoms with van der Waals surface area (Å²) in [6.45, 7) is 12.0. The van der Waals surface area contributed by atoms with Crippen molar-refractivity contribution in [1.82, 2.24) is 0 Å². The van der Waals surface area contributed by atoms with Crippen molar-refractivity contribution in [2.45, 2.75) is 38.5 Å². The van der Waals surface area contributed by atoms with Gasteiger partial charge in [0.05, 0.1) is 26.2 Å². The lowest BCUT2D eigenvalue weighted by atomic mass is 10.0. The Morgan fingerprint density at radius 1 is 0.333 bits per heavy atom. The lowest BCUT2D eigenvalue weighted by molar-refractivity contribution is -1.03. The zero-order valence-electron chi connectivity index (χ0n) is 11.5. The molecule has 0 aromatic heterocycles. The minimum atomic E-state index is 0. The standard InChI is InChI=1S/C14H28N2.2BrH/c1-3-7-15(8-4-1)11-13-16(14-12-15)9-5-2-6-10-16;;/h1-14H2;2*1H/q+2;;/p-2. The van der Waals surface area contributed by atoms with E-state index in [4.69, 9.17) is 0 Å². The molecule has 3 aliphatic rings. The molecule has 0 aromatic carbocycles. The highest BCUT2D eigenvalue weighted by Crippen LogP contribution is 2.27. The van der Waals surface area contributed by atoms with Crippen LogP contribution in [0.3, 0.4) is 0 Å². The summed E-state index contributed by atoms with van der Waals surface area (Å²) < 4.78 is 3.00. The lowest BCUT2D eigenvalue weighted by Crippen LogP contribution is -3.00. The maximum absolute atomic E-state index is 1.50. The van der Waals surface area contributed by atoms with E-state index in [-0.39, 0.29) is 34.0 Å². The third kappa shape index (κ3) is 3.50. The van der Waals surface area contributed by atoms with Crippen LogP contribution in [-0.4, -0.2) is 61.3 Å². The van der Waals surface area contributed by atoms with Gasteiger partial charge in [0.1, 0.15) is 26.2 Å². The number of rotatable bonds is 0. The number of piperazine rings is 1. The van der Waals surface area contributed by atoms with Crippen LogP contribution >= 0.6 is 0 Å². The number of nitrogens with zero attached hydrogens (tertiary/aromatic N) is 2. The second-order valence-corrected chi connectivity index (χ2v) is 6.59. The van der Waals surface area contributed by atoms with Gasteiger partial charge in [-0.15, -0.1) is 0 Å². The Bertz CT molecular complexity index is 208. The molecule has 3 rings (SSSR count). The summed E-state index contributed by atoms with van der Waals surface area (Å²) in [5.41, 5.74) is 0. The predicted molar refractivity (Wildman–Crippen MR) is 67.2 cm³/mol. The van der Waals surface area contributed by atoms with Crippen molar-refractivity contribution in [2.24, 2.45) is 0 Å². The molecule has 3 saturated heterocycles. The first-order chi connectivity index (χ1) is 7.83. The summed E-state index contributed by atoms with van der Waals surface area (Å²) in [6, 6.07) is 0. The third-order valence-electron chi connectivity index (χ3n) is 5.63. The SMILES string of the molecule is C1CC[N+]2(CC1)CC[N+]1(CCCCC1)CC2.[Br-].[Br-]. The number of halogens is 2. The minimum absolute atomic E-state index is 0. The largest absolute Gasteiger partial charge is 1.00 e. The third-order valence-corrected chi connectivity index (χ3v) is 5.63. The number of hydrogen-bond donors (Lipinski definition) is 0. The molecule has 108 valence electrons. The van der Waals surface area contributed by atoms with Gasteiger partial charge in [0.2, 0.25) is 0 Å². The molecule has 0 N–H and O–H groups in total. The highest BCUT2D eigenvalue weighted by Gasteiger charge is 2.42. The van der Waals surface area contributed by atoms with E-state index in [1.54, 1.807) is 0 Å². The molecule has 0 unspecified atom stereocenters. The zero-order chi connectivity index (χ0) is 10.9. The topological polar surface area (TPSA) is 0 Å². The molecule has 0 aromatic rings. The van der Waals surface area contributed by atoms with E-state index < -0.39 is 0 Å². The van der Waals surface area contributed by atoms with Crippen LogP contribution < -0.4 is 34.0 Å². The maximum Gasteiger partial charge on any atom is 0.129 e. The van der Waals surface area contributed by atoms with Crippen LogP contribution in [0.5, 0.6) is 0 Å².